The summed E-state index contributed by atoms with van der Waals surface area (Å²) in [7, 11) is 0. The second kappa shape index (κ2) is 5.03. The highest BCUT2D eigenvalue weighted by molar-refractivity contribution is 6.31. The van der Waals surface area contributed by atoms with E-state index >= 15 is 0 Å². The van der Waals surface area contributed by atoms with Gasteiger partial charge in [0.15, 0.2) is 0 Å². The van der Waals surface area contributed by atoms with E-state index in [4.69, 9.17) is 17.3 Å². The zero-order chi connectivity index (χ0) is 11.5. The summed E-state index contributed by atoms with van der Waals surface area (Å²) in [6.07, 6.45) is 6.64. The first kappa shape index (κ1) is 11.7. The zero-order valence-electron chi connectivity index (χ0n) is 9.67. The molecule has 86 valence electrons. The Hall–Kier alpha value is -0.790. The lowest BCUT2D eigenvalue weighted by molar-refractivity contribution is 0.617. The van der Waals surface area contributed by atoms with Crippen LogP contribution in [0.3, 0.4) is 0 Å². The molecule has 1 atom stereocenters. The molecule has 2 rings (SSSR count). The molecule has 0 saturated carbocycles. The fourth-order valence-corrected chi connectivity index (χ4v) is 2.52. The summed E-state index contributed by atoms with van der Waals surface area (Å²) >= 11 is 6.23. The van der Waals surface area contributed by atoms with E-state index in [1.165, 1.54) is 23.1 Å². The molecule has 16 heavy (non-hydrogen) atoms. The molecule has 1 aromatic rings. The van der Waals surface area contributed by atoms with Gasteiger partial charge in [0.05, 0.1) is 0 Å². The fourth-order valence-electron chi connectivity index (χ4n) is 2.22. The molecule has 1 nitrogen and oxygen atoms in total. The first-order chi connectivity index (χ1) is 7.65. The van der Waals surface area contributed by atoms with Gasteiger partial charge in [0, 0.05) is 11.1 Å². The number of benzene rings is 1. The van der Waals surface area contributed by atoms with E-state index in [0.717, 1.165) is 24.3 Å². The van der Waals surface area contributed by atoms with E-state index < -0.39 is 0 Å². The van der Waals surface area contributed by atoms with Crippen molar-refractivity contribution in [2.24, 2.45) is 5.73 Å². The molecule has 0 spiro atoms. The van der Waals surface area contributed by atoms with Gasteiger partial charge in [0.1, 0.15) is 0 Å². The van der Waals surface area contributed by atoms with Crippen LogP contribution in [0.2, 0.25) is 5.02 Å². The van der Waals surface area contributed by atoms with Crippen LogP contribution in [-0.4, -0.2) is 6.04 Å². The van der Waals surface area contributed by atoms with E-state index in [0.29, 0.717) is 0 Å². The largest absolute Gasteiger partial charge is 0.324 e. The lowest BCUT2D eigenvalue weighted by Gasteiger charge is -2.18. The van der Waals surface area contributed by atoms with Crippen LogP contribution >= 0.6 is 11.6 Å². The van der Waals surface area contributed by atoms with Gasteiger partial charge in [-0.15, -0.1) is 0 Å². The Balaban J connectivity index is 2.14. The Morgan fingerprint density at radius 2 is 2.25 bits per heavy atom. The number of rotatable bonds is 2. The Labute approximate surface area is 102 Å². The van der Waals surface area contributed by atoms with Gasteiger partial charge >= 0.3 is 0 Å². The minimum absolute atomic E-state index is 0.243. The molecule has 0 bridgehead atoms. The first-order valence-electron chi connectivity index (χ1n) is 5.85. The van der Waals surface area contributed by atoms with Crippen LogP contribution in [0.25, 0.3) is 0 Å². The van der Waals surface area contributed by atoms with Gasteiger partial charge in [0.25, 0.3) is 0 Å². The quantitative estimate of drug-likeness (QED) is 0.779. The molecular weight excluding hydrogens is 218 g/mol. The third kappa shape index (κ3) is 2.87. The lowest BCUT2D eigenvalue weighted by Crippen LogP contribution is -2.20. The van der Waals surface area contributed by atoms with Gasteiger partial charge in [-0.05, 0) is 49.8 Å². The van der Waals surface area contributed by atoms with Gasteiger partial charge in [-0.3, -0.25) is 0 Å². The fraction of sp³-hybridized carbons (Fsp3) is 0.429. The second-order valence-electron chi connectivity index (χ2n) is 4.65. The molecule has 0 aromatic heterocycles. The summed E-state index contributed by atoms with van der Waals surface area (Å²) in [5.74, 6) is 0. The van der Waals surface area contributed by atoms with Crippen LogP contribution in [0, 0.1) is 6.92 Å². The van der Waals surface area contributed by atoms with Gasteiger partial charge in [-0.1, -0.05) is 35.4 Å². The Kier molecular flexibility index (Phi) is 3.67. The van der Waals surface area contributed by atoms with Crippen LogP contribution in [0.5, 0.6) is 0 Å². The predicted octanol–water partition coefficient (Wildman–Crippen LogP) is 3.63. The molecule has 2 heteroatoms. The van der Waals surface area contributed by atoms with Gasteiger partial charge in [-0.2, -0.15) is 0 Å². The van der Waals surface area contributed by atoms with Crippen molar-refractivity contribution < 1.29 is 0 Å². The number of halogens is 1. The predicted molar refractivity (Wildman–Crippen MR) is 69.8 cm³/mol. The number of aryl methyl sites for hydroxylation is 1. The molecule has 0 saturated heterocycles. The SMILES string of the molecule is Cc1ccc(CC2=CC(N)CCC2)c(Cl)c1. The third-order valence-electron chi connectivity index (χ3n) is 3.11. The molecule has 0 aliphatic heterocycles. The van der Waals surface area contributed by atoms with E-state index in [-0.39, 0.29) is 6.04 Å². The number of hydrogen-bond acceptors (Lipinski definition) is 1. The molecule has 0 fully saturated rings. The van der Waals surface area contributed by atoms with Crippen molar-refractivity contribution in [1.29, 1.82) is 0 Å². The van der Waals surface area contributed by atoms with Crippen molar-refractivity contribution in [3.8, 4) is 0 Å². The first-order valence-corrected chi connectivity index (χ1v) is 6.23. The summed E-state index contributed by atoms with van der Waals surface area (Å²) in [4.78, 5) is 0. The standard InChI is InChI=1S/C14H18ClN/c1-10-5-6-12(14(15)7-10)8-11-3-2-4-13(16)9-11/h5-7,9,13H,2-4,8,16H2,1H3. The van der Waals surface area contributed by atoms with Gasteiger partial charge < -0.3 is 5.73 Å². The summed E-state index contributed by atoms with van der Waals surface area (Å²) < 4.78 is 0. The van der Waals surface area contributed by atoms with Crippen molar-refractivity contribution in [3.63, 3.8) is 0 Å². The summed E-state index contributed by atoms with van der Waals surface area (Å²) in [6, 6.07) is 6.51. The van der Waals surface area contributed by atoms with E-state index in [1.807, 2.05) is 6.07 Å². The Morgan fingerprint density at radius 3 is 2.94 bits per heavy atom. The average Bonchev–Trinajstić information content (AvgIpc) is 2.22. The summed E-state index contributed by atoms with van der Waals surface area (Å²) in [6.45, 7) is 2.06. The minimum atomic E-state index is 0.243. The van der Waals surface area contributed by atoms with E-state index in [9.17, 15) is 0 Å². The maximum Gasteiger partial charge on any atom is 0.0443 e. The van der Waals surface area contributed by atoms with Crippen molar-refractivity contribution in [1.82, 2.24) is 0 Å². The zero-order valence-corrected chi connectivity index (χ0v) is 10.4. The normalized spacial score (nSPS) is 20.7. The monoisotopic (exact) mass is 235 g/mol. The summed E-state index contributed by atoms with van der Waals surface area (Å²) in [5.41, 5.74) is 9.79. The van der Waals surface area contributed by atoms with Crippen molar-refractivity contribution in [3.05, 3.63) is 46.0 Å². The smallest absolute Gasteiger partial charge is 0.0443 e. The van der Waals surface area contributed by atoms with Gasteiger partial charge in [0.2, 0.25) is 0 Å². The highest BCUT2D eigenvalue weighted by Crippen LogP contribution is 2.25. The number of allylic oxidation sites excluding steroid dienone is 1. The molecule has 2 N–H and O–H groups in total. The molecule has 1 aliphatic rings. The molecule has 0 amide bonds. The maximum absolute atomic E-state index is 6.23. The highest BCUT2D eigenvalue weighted by atomic mass is 35.5. The van der Waals surface area contributed by atoms with Crippen LogP contribution < -0.4 is 5.73 Å². The van der Waals surface area contributed by atoms with Crippen LogP contribution in [0.1, 0.15) is 30.4 Å². The summed E-state index contributed by atoms with van der Waals surface area (Å²) in [5, 5.41) is 0.875. The number of nitrogens with two attached hydrogens (primary N) is 1. The highest BCUT2D eigenvalue weighted by Gasteiger charge is 2.11. The maximum atomic E-state index is 6.23. The van der Waals surface area contributed by atoms with E-state index in [1.54, 1.807) is 0 Å². The molecule has 1 unspecified atom stereocenters. The van der Waals surface area contributed by atoms with Crippen molar-refractivity contribution in [2.45, 2.75) is 38.6 Å². The van der Waals surface area contributed by atoms with Crippen molar-refractivity contribution >= 4 is 11.6 Å². The van der Waals surface area contributed by atoms with Crippen LogP contribution in [-0.2, 0) is 6.42 Å². The van der Waals surface area contributed by atoms with Crippen LogP contribution in [0.15, 0.2) is 29.8 Å². The van der Waals surface area contributed by atoms with E-state index in [2.05, 4.69) is 25.1 Å². The second-order valence-corrected chi connectivity index (χ2v) is 5.06. The molecular formula is C14H18ClN. The molecule has 0 radical (unpaired) electrons. The lowest BCUT2D eigenvalue weighted by atomic mass is 9.91. The topological polar surface area (TPSA) is 26.0 Å². The molecule has 1 aliphatic carbocycles. The average molecular weight is 236 g/mol. The molecule has 1 aromatic carbocycles. The third-order valence-corrected chi connectivity index (χ3v) is 3.46. The van der Waals surface area contributed by atoms with Gasteiger partial charge in [-0.25, -0.2) is 0 Å². The van der Waals surface area contributed by atoms with Crippen molar-refractivity contribution in [2.75, 3.05) is 0 Å². The minimum Gasteiger partial charge on any atom is -0.324 e. The Morgan fingerprint density at radius 1 is 1.44 bits per heavy atom. The number of hydrogen-bond donors (Lipinski definition) is 1. The van der Waals surface area contributed by atoms with Crippen LogP contribution in [0.4, 0.5) is 0 Å². The molecule has 0 heterocycles. The Bertz CT molecular complexity index is 409.